The molecule has 0 unspecified atom stereocenters. The standard InChI is InChI=1S/C21H16N2O3/c1-25-17-11-9-15(10-12-17)20-19(14-18-8-5-13-26-18)21(24)23(22-20)16-6-3-2-4-7-16/h2-14H,1H3. The fourth-order valence-electron chi connectivity index (χ4n) is 2.77. The highest BCUT2D eigenvalue weighted by molar-refractivity contribution is 6.37. The summed E-state index contributed by atoms with van der Waals surface area (Å²) in [6.07, 6.45) is 3.29. The number of anilines is 1. The van der Waals surface area contributed by atoms with Gasteiger partial charge in [0.1, 0.15) is 17.2 Å². The second-order valence-electron chi connectivity index (χ2n) is 5.70. The number of hydrogen-bond donors (Lipinski definition) is 0. The molecule has 2 heterocycles. The van der Waals surface area contributed by atoms with E-state index in [2.05, 4.69) is 5.10 Å². The molecule has 128 valence electrons. The van der Waals surface area contributed by atoms with E-state index in [9.17, 15) is 4.79 Å². The number of furan rings is 1. The molecule has 0 saturated heterocycles. The van der Waals surface area contributed by atoms with Gasteiger partial charge in [0, 0.05) is 5.56 Å². The van der Waals surface area contributed by atoms with Gasteiger partial charge < -0.3 is 9.15 Å². The number of hydrogen-bond acceptors (Lipinski definition) is 4. The summed E-state index contributed by atoms with van der Waals surface area (Å²) < 4.78 is 10.6. The molecule has 1 aromatic heterocycles. The molecule has 1 aliphatic heterocycles. The average molecular weight is 344 g/mol. The number of para-hydroxylation sites is 1. The summed E-state index contributed by atoms with van der Waals surface area (Å²) in [6, 6.07) is 20.4. The molecule has 0 radical (unpaired) electrons. The minimum absolute atomic E-state index is 0.196. The number of carbonyl (C=O) groups is 1. The maximum atomic E-state index is 13.0. The highest BCUT2D eigenvalue weighted by Gasteiger charge is 2.32. The topological polar surface area (TPSA) is 55.0 Å². The molecule has 0 aliphatic carbocycles. The predicted molar refractivity (Wildman–Crippen MR) is 100 cm³/mol. The summed E-state index contributed by atoms with van der Waals surface area (Å²) in [7, 11) is 1.62. The van der Waals surface area contributed by atoms with Crippen molar-refractivity contribution in [2.24, 2.45) is 5.10 Å². The number of amides is 1. The van der Waals surface area contributed by atoms with Crippen molar-refractivity contribution < 1.29 is 13.9 Å². The van der Waals surface area contributed by atoms with Crippen LogP contribution >= 0.6 is 0 Å². The second-order valence-corrected chi connectivity index (χ2v) is 5.70. The minimum atomic E-state index is -0.196. The number of rotatable bonds is 4. The first-order valence-electron chi connectivity index (χ1n) is 8.14. The zero-order valence-electron chi connectivity index (χ0n) is 14.1. The molecule has 5 heteroatoms. The van der Waals surface area contributed by atoms with Gasteiger partial charge in [-0.3, -0.25) is 4.79 Å². The lowest BCUT2D eigenvalue weighted by Gasteiger charge is -2.10. The van der Waals surface area contributed by atoms with Crippen LogP contribution in [0.3, 0.4) is 0 Å². The van der Waals surface area contributed by atoms with Crippen LogP contribution in [0.15, 0.2) is 88.1 Å². The van der Waals surface area contributed by atoms with Gasteiger partial charge in [0.15, 0.2) is 0 Å². The molecule has 1 amide bonds. The fourth-order valence-corrected chi connectivity index (χ4v) is 2.77. The third-order valence-corrected chi connectivity index (χ3v) is 4.07. The van der Waals surface area contributed by atoms with Crippen molar-refractivity contribution in [1.82, 2.24) is 0 Å². The Morgan fingerprint density at radius 3 is 2.42 bits per heavy atom. The highest BCUT2D eigenvalue weighted by atomic mass is 16.5. The van der Waals surface area contributed by atoms with Crippen molar-refractivity contribution in [3.05, 3.63) is 89.9 Å². The summed E-state index contributed by atoms with van der Waals surface area (Å²) in [5, 5.41) is 5.99. The molecule has 26 heavy (non-hydrogen) atoms. The van der Waals surface area contributed by atoms with Crippen LogP contribution in [0.1, 0.15) is 11.3 Å². The van der Waals surface area contributed by atoms with Crippen LogP contribution in [0.4, 0.5) is 5.69 Å². The average Bonchev–Trinajstić information content (AvgIpc) is 3.32. The van der Waals surface area contributed by atoms with Gasteiger partial charge in [-0.25, -0.2) is 0 Å². The monoisotopic (exact) mass is 344 g/mol. The van der Waals surface area contributed by atoms with E-state index in [-0.39, 0.29) is 5.91 Å². The molecule has 0 N–H and O–H groups in total. The zero-order valence-corrected chi connectivity index (χ0v) is 14.1. The maximum absolute atomic E-state index is 13.0. The molecule has 1 aliphatic rings. The number of carbonyl (C=O) groups excluding carboxylic acids is 1. The molecule has 0 saturated carbocycles. The van der Waals surface area contributed by atoms with E-state index < -0.39 is 0 Å². The fraction of sp³-hybridized carbons (Fsp3) is 0.0476. The van der Waals surface area contributed by atoms with Crippen molar-refractivity contribution >= 4 is 23.4 Å². The molecule has 0 bridgehead atoms. The predicted octanol–water partition coefficient (Wildman–Crippen LogP) is 4.12. The lowest BCUT2D eigenvalue weighted by Crippen LogP contribution is -2.21. The third kappa shape index (κ3) is 2.91. The van der Waals surface area contributed by atoms with Crippen molar-refractivity contribution in [3.63, 3.8) is 0 Å². The summed E-state index contributed by atoms with van der Waals surface area (Å²) >= 11 is 0. The van der Waals surface area contributed by atoms with Crippen molar-refractivity contribution in [2.45, 2.75) is 0 Å². The maximum Gasteiger partial charge on any atom is 0.281 e. The van der Waals surface area contributed by atoms with Gasteiger partial charge in [0.25, 0.3) is 5.91 Å². The zero-order chi connectivity index (χ0) is 17.9. The minimum Gasteiger partial charge on any atom is -0.497 e. The molecular formula is C21H16N2O3. The van der Waals surface area contributed by atoms with Crippen molar-refractivity contribution in [2.75, 3.05) is 12.1 Å². The first-order chi connectivity index (χ1) is 12.8. The van der Waals surface area contributed by atoms with Crippen LogP contribution in [0.5, 0.6) is 5.75 Å². The number of methoxy groups -OCH3 is 1. The van der Waals surface area contributed by atoms with Crippen LogP contribution < -0.4 is 9.75 Å². The van der Waals surface area contributed by atoms with Gasteiger partial charge in [0.2, 0.25) is 0 Å². The lowest BCUT2D eigenvalue weighted by atomic mass is 10.0. The largest absolute Gasteiger partial charge is 0.497 e. The Balaban J connectivity index is 1.81. The third-order valence-electron chi connectivity index (χ3n) is 4.07. The lowest BCUT2D eigenvalue weighted by molar-refractivity contribution is -0.114. The van der Waals surface area contributed by atoms with E-state index in [1.165, 1.54) is 5.01 Å². The Kier molecular flexibility index (Phi) is 4.11. The van der Waals surface area contributed by atoms with Crippen LogP contribution in [-0.2, 0) is 4.79 Å². The molecule has 4 rings (SSSR count). The highest BCUT2D eigenvalue weighted by Crippen LogP contribution is 2.28. The summed E-state index contributed by atoms with van der Waals surface area (Å²) in [5.41, 5.74) is 2.62. The molecule has 2 aromatic carbocycles. The molecule has 3 aromatic rings. The Morgan fingerprint density at radius 2 is 1.77 bits per heavy atom. The van der Waals surface area contributed by atoms with E-state index in [1.807, 2.05) is 54.6 Å². The van der Waals surface area contributed by atoms with Crippen LogP contribution in [0, 0.1) is 0 Å². The molecule has 5 nitrogen and oxygen atoms in total. The first-order valence-corrected chi connectivity index (χ1v) is 8.14. The smallest absolute Gasteiger partial charge is 0.281 e. The van der Waals surface area contributed by atoms with Crippen molar-refractivity contribution in [3.8, 4) is 5.75 Å². The van der Waals surface area contributed by atoms with E-state index in [4.69, 9.17) is 9.15 Å². The summed E-state index contributed by atoms with van der Waals surface area (Å²) in [4.78, 5) is 13.0. The second kappa shape index (κ2) is 6.72. The van der Waals surface area contributed by atoms with Crippen molar-refractivity contribution in [1.29, 1.82) is 0 Å². The van der Waals surface area contributed by atoms with Gasteiger partial charge in [-0.1, -0.05) is 18.2 Å². The van der Waals surface area contributed by atoms with E-state index in [0.29, 0.717) is 22.7 Å². The summed E-state index contributed by atoms with van der Waals surface area (Å²) in [6.45, 7) is 0. The Morgan fingerprint density at radius 1 is 1.00 bits per heavy atom. The SMILES string of the molecule is COc1ccc(C2=NN(c3ccccc3)C(=O)C2=Cc2ccco2)cc1. The van der Waals surface area contributed by atoms with Crippen LogP contribution in [0.25, 0.3) is 6.08 Å². The quantitative estimate of drug-likeness (QED) is 0.669. The Labute approximate surface area is 150 Å². The van der Waals surface area contributed by atoms with E-state index >= 15 is 0 Å². The van der Waals surface area contributed by atoms with E-state index in [1.54, 1.807) is 31.6 Å². The molecule has 0 spiro atoms. The van der Waals surface area contributed by atoms with Gasteiger partial charge in [-0.2, -0.15) is 10.1 Å². The molecule has 0 atom stereocenters. The van der Waals surface area contributed by atoms with E-state index in [0.717, 1.165) is 11.3 Å². The normalized spacial score (nSPS) is 15.4. The number of hydrazone groups is 1. The first kappa shape index (κ1) is 15.9. The summed E-state index contributed by atoms with van der Waals surface area (Å²) in [5.74, 6) is 1.15. The van der Waals surface area contributed by atoms with Crippen LogP contribution in [0.2, 0.25) is 0 Å². The number of benzene rings is 2. The van der Waals surface area contributed by atoms with Gasteiger partial charge in [-0.05, 0) is 54.6 Å². The van der Waals surface area contributed by atoms with Gasteiger partial charge >= 0.3 is 0 Å². The van der Waals surface area contributed by atoms with Crippen LogP contribution in [-0.4, -0.2) is 18.7 Å². The van der Waals surface area contributed by atoms with Gasteiger partial charge in [0.05, 0.1) is 24.6 Å². The van der Waals surface area contributed by atoms with Gasteiger partial charge in [-0.15, -0.1) is 0 Å². The number of nitrogens with zero attached hydrogens (tertiary/aromatic N) is 2. The molecule has 0 fully saturated rings. The molecular weight excluding hydrogens is 328 g/mol. The Hall–Kier alpha value is -3.60. The Bertz CT molecular complexity index is 972. The number of ether oxygens (including phenoxy) is 1.